The lowest BCUT2D eigenvalue weighted by molar-refractivity contribution is -0.202. The maximum absolute atomic E-state index is 12.6. The molecule has 8 atom stereocenters. The summed E-state index contributed by atoms with van der Waals surface area (Å²) >= 11 is 0. The second kappa shape index (κ2) is 8.47. The van der Waals surface area contributed by atoms with Gasteiger partial charge in [-0.2, -0.15) is 0 Å². The van der Waals surface area contributed by atoms with Crippen molar-refractivity contribution in [2.24, 2.45) is 0 Å². The number of Topliss-reactive ketones (excluding diaryl/α,β-unsaturated/α-hetero) is 1. The van der Waals surface area contributed by atoms with Crippen molar-refractivity contribution in [2.75, 3.05) is 13.2 Å². The van der Waals surface area contributed by atoms with Crippen LogP contribution in [0.1, 0.15) is 13.8 Å². The van der Waals surface area contributed by atoms with Gasteiger partial charge in [-0.05, 0) is 6.92 Å². The number of carbonyl (C=O) groups is 2. The van der Waals surface area contributed by atoms with Crippen molar-refractivity contribution < 1.29 is 50.1 Å². The molecule has 0 spiro atoms. The Morgan fingerprint density at radius 1 is 1.20 bits per heavy atom. The molecule has 25 heavy (non-hydrogen) atoms. The van der Waals surface area contributed by atoms with Crippen LogP contribution in [-0.2, 0) is 14.3 Å². The maximum atomic E-state index is 12.6. The summed E-state index contributed by atoms with van der Waals surface area (Å²) < 4.78 is 5.09. The van der Waals surface area contributed by atoms with Crippen molar-refractivity contribution in [1.82, 2.24) is 5.32 Å². The molecule has 0 radical (unpaired) electrons. The number of aliphatic hydroxyl groups is 7. The average Bonchev–Trinajstić information content (AvgIpc) is 2.56. The van der Waals surface area contributed by atoms with Crippen LogP contribution in [0.3, 0.4) is 0 Å². The van der Waals surface area contributed by atoms with Crippen LogP contribution >= 0.6 is 0 Å². The Morgan fingerprint density at radius 2 is 1.76 bits per heavy atom. The summed E-state index contributed by atoms with van der Waals surface area (Å²) in [6.45, 7) is 0.750. The van der Waals surface area contributed by atoms with E-state index in [0.717, 1.165) is 13.8 Å². The molecule has 0 bridgehead atoms. The molecule has 0 aliphatic carbocycles. The van der Waals surface area contributed by atoms with Crippen molar-refractivity contribution in [3.63, 3.8) is 0 Å². The Balaban J connectivity index is 3.17. The van der Waals surface area contributed by atoms with Crippen LogP contribution in [-0.4, -0.2) is 109 Å². The summed E-state index contributed by atoms with van der Waals surface area (Å²) in [5.41, 5.74) is -2.32. The molecule has 1 aliphatic heterocycles. The zero-order chi connectivity index (χ0) is 19.5. The van der Waals surface area contributed by atoms with Gasteiger partial charge in [0.05, 0.1) is 19.3 Å². The van der Waals surface area contributed by atoms with Gasteiger partial charge in [0.2, 0.25) is 5.91 Å². The first-order valence-corrected chi connectivity index (χ1v) is 7.63. The second-order valence-corrected chi connectivity index (χ2v) is 6.15. The summed E-state index contributed by atoms with van der Waals surface area (Å²) in [4.78, 5) is 24.1. The van der Waals surface area contributed by atoms with E-state index >= 15 is 0 Å². The van der Waals surface area contributed by atoms with E-state index in [2.05, 4.69) is 5.32 Å². The third-order valence-corrected chi connectivity index (χ3v) is 4.19. The van der Waals surface area contributed by atoms with Gasteiger partial charge in [-0.25, -0.2) is 0 Å². The SMILES string of the molecule is CC(=O)N[C@@]1(C(=O)[C@H](O)[C@@H](O)[C@H](O)[C@@H](C)O)CO[C@H](CO)[C@@H](O)[C@@H]1O. The molecular weight excluding hydrogens is 342 g/mol. The van der Waals surface area contributed by atoms with E-state index in [1.807, 2.05) is 0 Å². The van der Waals surface area contributed by atoms with Gasteiger partial charge in [-0.1, -0.05) is 0 Å². The fraction of sp³-hybridized carbons (Fsp3) is 0.857. The van der Waals surface area contributed by atoms with Crippen molar-refractivity contribution in [3.05, 3.63) is 0 Å². The molecule has 1 aliphatic rings. The van der Waals surface area contributed by atoms with Crippen LogP contribution in [0, 0.1) is 0 Å². The summed E-state index contributed by atoms with van der Waals surface area (Å²) in [6.07, 6.45) is -12.8. The number of carbonyl (C=O) groups excluding carboxylic acids is 2. The van der Waals surface area contributed by atoms with E-state index in [4.69, 9.17) is 9.84 Å². The number of amides is 1. The van der Waals surface area contributed by atoms with Gasteiger partial charge in [0, 0.05) is 6.92 Å². The van der Waals surface area contributed by atoms with E-state index in [1.54, 1.807) is 0 Å². The monoisotopic (exact) mass is 367 g/mol. The predicted octanol–water partition coefficient (Wildman–Crippen LogP) is -4.99. The topological polar surface area (TPSA) is 197 Å². The highest BCUT2D eigenvalue weighted by atomic mass is 16.5. The first-order valence-electron chi connectivity index (χ1n) is 7.63. The molecule has 8 N–H and O–H groups in total. The number of ether oxygens (including phenoxy) is 1. The molecule has 11 heteroatoms. The van der Waals surface area contributed by atoms with E-state index in [1.165, 1.54) is 0 Å². The highest BCUT2D eigenvalue weighted by molar-refractivity contribution is 5.97. The minimum atomic E-state index is -2.32. The summed E-state index contributed by atoms with van der Waals surface area (Å²) in [5.74, 6) is -2.14. The van der Waals surface area contributed by atoms with E-state index in [-0.39, 0.29) is 0 Å². The Kier molecular flexibility index (Phi) is 7.40. The van der Waals surface area contributed by atoms with Gasteiger partial charge in [0.25, 0.3) is 0 Å². The molecule has 1 saturated heterocycles. The lowest BCUT2D eigenvalue weighted by atomic mass is 9.78. The number of hydrogen-bond donors (Lipinski definition) is 8. The Hall–Kier alpha value is -1.18. The molecule has 0 saturated carbocycles. The standard InChI is InChI=1S/C14H25NO10/c1-5(17)8(19)10(21)11(22)13(24)14(15-6(2)18)4-25-7(3-16)9(20)12(14)23/h5,7-12,16-17,19-23H,3-4H2,1-2H3,(H,15,18)/t5-,7-,8-,9-,10+,11-,12+,14+/m1/s1. The highest BCUT2D eigenvalue weighted by Crippen LogP contribution is 2.28. The third kappa shape index (κ3) is 4.33. The fourth-order valence-electron chi connectivity index (χ4n) is 2.67. The van der Waals surface area contributed by atoms with Crippen molar-refractivity contribution >= 4 is 11.7 Å². The number of ketones is 1. The Bertz CT molecular complexity index is 486. The second-order valence-electron chi connectivity index (χ2n) is 6.15. The van der Waals surface area contributed by atoms with E-state index in [9.17, 15) is 40.2 Å². The molecule has 0 aromatic carbocycles. The number of nitrogens with one attached hydrogen (secondary N) is 1. The lowest BCUT2D eigenvalue weighted by Gasteiger charge is -2.46. The molecule has 0 aromatic rings. The molecule has 1 heterocycles. The van der Waals surface area contributed by atoms with Crippen LogP contribution in [0.2, 0.25) is 0 Å². The first-order chi connectivity index (χ1) is 11.5. The molecule has 1 amide bonds. The Labute approximate surface area is 143 Å². The minimum absolute atomic E-state index is 0.672. The molecule has 11 nitrogen and oxygen atoms in total. The van der Waals surface area contributed by atoms with Gasteiger partial charge >= 0.3 is 0 Å². The largest absolute Gasteiger partial charge is 0.394 e. The smallest absolute Gasteiger partial charge is 0.217 e. The zero-order valence-electron chi connectivity index (χ0n) is 13.8. The quantitative estimate of drug-likeness (QED) is 0.216. The molecule has 1 rings (SSSR count). The molecule has 0 unspecified atom stereocenters. The Morgan fingerprint density at radius 3 is 2.20 bits per heavy atom. The summed E-state index contributed by atoms with van der Waals surface area (Å²) in [7, 11) is 0. The molecule has 1 fully saturated rings. The number of aliphatic hydroxyl groups excluding tert-OH is 7. The molecule has 0 aromatic heterocycles. The zero-order valence-corrected chi connectivity index (χ0v) is 13.8. The average molecular weight is 367 g/mol. The van der Waals surface area contributed by atoms with Gasteiger partial charge in [-0.3, -0.25) is 9.59 Å². The molecular formula is C14H25NO10. The van der Waals surface area contributed by atoms with Gasteiger partial charge < -0.3 is 45.8 Å². The summed E-state index contributed by atoms with van der Waals surface area (Å²) in [5, 5.41) is 70.2. The van der Waals surface area contributed by atoms with Crippen LogP contribution < -0.4 is 5.32 Å². The fourth-order valence-corrected chi connectivity index (χ4v) is 2.67. The number of rotatable bonds is 7. The van der Waals surface area contributed by atoms with E-state index < -0.39 is 73.2 Å². The van der Waals surface area contributed by atoms with E-state index in [0.29, 0.717) is 0 Å². The normalized spacial score (nSPS) is 34.7. The van der Waals surface area contributed by atoms with Gasteiger partial charge in [0.15, 0.2) is 11.3 Å². The summed E-state index contributed by atoms with van der Waals surface area (Å²) in [6, 6.07) is 0. The highest BCUT2D eigenvalue weighted by Gasteiger charge is 2.57. The van der Waals surface area contributed by atoms with Crippen molar-refractivity contribution in [3.8, 4) is 0 Å². The predicted molar refractivity (Wildman–Crippen MR) is 80.1 cm³/mol. The van der Waals surface area contributed by atoms with Crippen LogP contribution in [0.5, 0.6) is 0 Å². The third-order valence-electron chi connectivity index (χ3n) is 4.19. The molecule has 146 valence electrons. The van der Waals surface area contributed by atoms with Crippen LogP contribution in [0.15, 0.2) is 0 Å². The van der Waals surface area contributed by atoms with Crippen LogP contribution in [0.25, 0.3) is 0 Å². The first kappa shape index (κ1) is 21.9. The van der Waals surface area contributed by atoms with Crippen molar-refractivity contribution in [1.29, 1.82) is 0 Å². The van der Waals surface area contributed by atoms with Crippen LogP contribution in [0.4, 0.5) is 0 Å². The van der Waals surface area contributed by atoms with Crippen molar-refractivity contribution in [2.45, 2.75) is 62.1 Å². The maximum Gasteiger partial charge on any atom is 0.217 e. The lowest BCUT2D eigenvalue weighted by Crippen LogP contribution is -2.75. The number of hydrogen-bond acceptors (Lipinski definition) is 10. The minimum Gasteiger partial charge on any atom is -0.394 e. The van der Waals surface area contributed by atoms with Gasteiger partial charge in [-0.15, -0.1) is 0 Å². The van der Waals surface area contributed by atoms with Gasteiger partial charge in [0.1, 0.15) is 36.6 Å².